The van der Waals surface area contributed by atoms with Crippen molar-refractivity contribution in [2.24, 2.45) is 23.2 Å². The smallest absolute Gasteiger partial charge is 0.144 e. The Kier molecular flexibility index (Phi) is 2.82. The van der Waals surface area contributed by atoms with E-state index in [9.17, 15) is 4.79 Å². The zero-order valence-electron chi connectivity index (χ0n) is 11.0. The van der Waals surface area contributed by atoms with Crippen molar-refractivity contribution in [3.63, 3.8) is 0 Å². The molecule has 0 N–H and O–H groups in total. The first-order chi connectivity index (χ1) is 9.13. The maximum atomic E-state index is 12.8. The fraction of sp³-hybridized carbons (Fsp3) is 0.688. The van der Waals surface area contributed by atoms with Crippen molar-refractivity contribution in [3.8, 4) is 0 Å². The fourth-order valence-corrected chi connectivity index (χ4v) is 6.33. The zero-order chi connectivity index (χ0) is 13.0. The average molecular weight is 295 g/mol. The Bertz CT molecular complexity index is 483. The molecule has 1 heterocycles. The van der Waals surface area contributed by atoms with E-state index in [0.717, 1.165) is 27.0 Å². The van der Waals surface area contributed by atoms with Gasteiger partial charge in [-0.1, -0.05) is 11.6 Å². The maximum absolute atomic E-state index is 12.8. The van der Waals surface area contributed by atoms with Crippen molar-refractivity contribution in [1.29, 1.82) is 0 Å². The number of hydrogen-bond acceptors (Lipinski definition) is 2. The lowest BCUT2D eigenvalue weighted by molar-refractivity contribution is -0.143. The fourth-order valence-electron chi connectivity index (χ4n) is 5.24. The molecule has 4 fully saturated rings. The molecule has 4 bridgehead atoms. The standard InChI is InChI=1S/C16H19ClOS/c17-15-2-1-13(19-15)6-14(18)16-7-10-3-11(8-16)5-12(4-10)9-16/h1-2,10-12H,3-9H2. The Morgan fingerprint density at radius 3 is 2.21 bits per heavy atom. The van der Waals surface area contributed by atoms with E-state index in [0.29, 0.717) is 12.2 Å². The predicted octanol–water partition coefficient (Wildman–Crippen LogP) is 4.73. The molecule has 4 saturated carbocycles. The largest absolute Gasteiger partial charge is 0.299 e. The number of carbonyl (C=O) groups excluding carboxylic acids is 1. The summed E-state index contributed by atoms with van der Waals surface area (Å²) in [6.45, 7) is 0. The van der Waals surface area contributed by atoms with Crippen LogP contribution in [0.25, 0.3) is 0 Å². The van der Waals surface area contributed by atoms with E-state index in [1.54, 1.807) is 11.3 Å². The van der Waals surface area contributed by atoms with Gasteiger partial charge in [0, 0.05) is 16.7 Å². The van der Waals surface area contributed by atoms with E-state index < -0.39 is 0 Å². The van der Waals surface area contributed by atoms with Crippen LogP contribution in [-0.2, 0) is 11.2 Å². The van der Waals surface area contributed by atoms with Crippen molar-refractivity contribution < 1.29 is 4.79 Å². The molecule has 0 spiro atoms. The van der Waals surface area contributed by atoms with Gasteiger partial charge < -0.3 is 0 Å². The molecule has 4 aliphatic carbocycles. The second-order valence-electron chi connectivity index (χ2n) is 7.00. The highest BCUT2D eigenvalue weighted by molar-refractivity contribution is 7.16. The normalized spacial score (nSPS) is 39.7. The Morgan fingerprint density at radius 1 is 1.16 bits per heavy atom. The Balaban J connectivity index is 1.56. The highest BCUT2D eigenvalue weighted by Crippen LogP contribution is 2.60. The summed E-state index contributed by atoms with van der Waals surface area (Å²) >= 11 is 7.53. The molecule has 0 saturated heterocycles. The molecule has 5 rings (SSSR count). The van der Waals surface area contributed by atoms with Crippen molar-refractivity contribution in [2.45, 2.75) is 44.9 Å². The molecular weight excluding hydrogens is 276 g/mol. The van der Waals surface area contributed by atoms with E-state index in [-0.39, 0.29) is 5.41 Å². The van der Waals surface area contributed by atoms with Gasteiger partial charge >= 0.3 is 0 Å². The second-order valence-corrected chi connectivity index (χ2v) is 8.80. The van der Waals surface area contributed by atoms with E-state index in [2.05, 4.69) is 0 Å². The van der Waals surface area contributed by atoms with Crippen LogP contribution in [0, 0.1) is 23.2 Å². The van der Waals surface area contributed by atoms with Crippen LogP contribution in [-0.4, -0.2) is 5.78 Å². The van der Waals surface area contributed by atoms with Gasteiger partial charge in [0.25, 0.3) is 0 Å². The third-order valence-corrected chi connectivity index (χ3v) is 6.82. The third-order valence-electron chi connectivity index (χ3n) is 5.59. The number of rotatable bonds is 3. The van der Waals surface area contributed by atoms with Crippen LogP contribution in [0.15, 0.2) is 12.1 Å². The molecule has 0 radical (unpaired) electrons. The molecule has 0 aromatic carbocycles. The van der Waals surface area contributed by atoms with Gasteiger partial charge in [-0.2, -0.15) is 0 Å². The monoisotopic (exact) mass is 294 g/mol. The predicted molar refractivity (Wildman–Crippen MR) is 78.6 cm³/mol. The second kappa shape index (κ2) is 4.33. The highest BCUT2D eigenvalue weighted by atomic mass is 35.5. The highest BCUT2D eigenvalue weighted by Gasteiger charge is 2.54. The molecule has 1 aromatic rings. The minimum absolute atomic E-state index is 0.0468. The topological polar surface area (TPSA) is 17.1 Å². The van der Waals surface area contributed by atoms with Gasteiger partial charge in [0.15, 0.2) is 0 Å². The SMILES string of the molecule is O=C(Cc1ccc(Cl)s1)C12CC3CC(CC(C3)C1)C2. The summed E-state index contributed by atoms with van der Waals surface area (Å²) in [6, 6.07) is 3.93. The Morgan fingerprint density at radius 2 is 1.74 bits per heavy atom. The zero-order valence-corrected chi connectivity index (χ0v) is 12.6. The lowest BCUT2D eigenvalue weighted by atomic mass is 9.48. The van der Waals surface area contributed by atoms with E-state index in [4.69, 9.17) is 11.6 Å². The van der Waals surface area contributed by atoms with Crippen LogP contribution in [0.3, 0.4) is 0 Å². The third kappa shape index (κ3) is 2.08. The molecule has 0 amide bonds. The van der Waals surface area contributed by atoms with Gasteiger partial charge in [-0.15, -0.1) is 11.3 Å². The lowest BCUT2D eigenvalue weighted by Crippen LogP contribution is -2.50. The summed E-state index contributed by atoms with van der Waals surface area (Å²) < 4.78 is 0.799. The molecule has 0 unspecified atom stereocenters. The number of thiophene rings is 1. The minimum atomic E-state index is 0.0468. The summed E-state index contributed by atoms with van der Waals surface area (Å²) in [6.07, 6.45) is 8.35. The molecular formula is C16H19ClOS. The molecule has 4 aliphatic rings. The van der Waals surface area contributed by atoms with Crippen LogP contribution in [0.5, 0.6) is 0 Å². The number of Topliss-reactive ketones (excluding diaryl/α,β-unsaturated/α-hetero) is 1. The first kappa shape index (κ1) is 12.4. The van der Waals surface area contributed by atoms with Crippen LogP contribution in [0.4, 0.5) is 0 Å². The molecule has 3 heteroatoms. The first-order valence-corrected chi connectivity index (χ1v) is 8.60. The van der Waals surface area contributed by atoms with Crippen LogP contribution >= 0.6 is 22.9 Å². The van der Waals surface area contributed by atoms with Crippen LogP contribution in [0.1, 0.15) is 43.4 Å². The van der Waals surface area contributed by atoms with E-state index in [1.807, 2.05) is 12.1 Å². The van der Waals surface area contributed by atoms with Gasteiger partial charge in [0.2, 0.25) is 0 Å². The van der Waals surface area contributed by atoms with Crippen LogP contribution in [0.2, 0.25) is 4.34 Å². The molecule has 0 atom stereocenters. The molecule has 19 heavy (non-hydrogen) atoms. The Hall–Kier alpha value is -0.340. The first-order valence-electron chi connectivity index (χ1n) is 7.40. The summed E-state index contributed by atoms with van der Waals surface area (Å²) in [5, 5.41) is 0. The number of hydrogen-bond donors (Lipinski definition) is 0. The van der Waals surface area contributed by atoms with Gasteiger partial charge in [0.1, 0.15) is 5.78 Å². The summed E-state index contributed by atoms with van der Waals surface area (Å²) in [4.78, 5) is 14.0. The quantitative estimate of drug-likeness (QED) is 0.787. The van der Waals surface area contributed by atoms with Gasteiger partial charge in [-0.25, -0.2) is 0 Å². The van der Waals surface area contributed by atoms with Gasteiger partial charge in [-0.05, 0) is 68.4 Å². The van der Waals surface area contributed by atoms with E-state index in [1.165, 1.54) is 38.5 Å². The molecule has 0 aliphatic heterocycles. The van der Waals surface area contributed by atoms with Crippen molar-refractivity contribution in [3.05, 3.63) is 21.3 Å². The van der Waals surface area contributed by atoms with Crippen molar-refractivity contribution in [1.82, 2.24) is 0 Å². The van der Waals surface area contributed by atoms with Gasteiger partial charge in [0.05, 0.1) is 4.34 Å². The summed E-state index contributed by atoms with van der Waals surface area (Å²) in [5.74, 6) is 3.05. The number of carbonyl (C=O) groups is 1. The van der Waals surface area contributed by atoms with Gasteiger partial charge in [-0.3, -0.25) is 4.79 Å². The summed E-state index contributed by atoms with van der Waals surface area (Å²) in [5.41, 5.74) is 0.0468. The summed E-state index contributed by atoms with van der Waals surface area (Å²) in [7, 11) is 0. The molecule has 1 aromatic heterocycles. The average Bonchev–Trinajstić information content (AvgIpc) is 2.73. The molecule has 102 valence electrons. The number of ketones is 1. The minimum Gasteiger partial charge on any atom is -0.299 e. The number of halogens is 1. The molecule has 1 nitrogen and oxygen atoms in total. The Labute approximate surface area is 123 Å². The lowest BCUT2D eigenvalue weighted by Gasteiger charge is -2.56. The van der Waals surface area contributed by atoms with Crippen molar-refractivity contribution in [2.75, 3.05) is 0 Å². The van der Waals surface area contributed by atoms with E-state index >= 15 is 0 Å². The maximum Gasteiger partial charge on any atom is 0.144 e. The van der Waals surface area contributed by atoms with Crippen LogP contribution < -0.4 is 0 Å². The van der Waals surface area contributed by atoms with Crippen molar-refractivity contribution >= 4 is 28.7 Å².